The number of nitrogens with zero attached hydrogens (tertiary/aromatic N) is 2. The van der Waals surface area contributed by atoms with E-state index in [0.29, 0.717) is 23.1 Å². The van der Waals surface area contributed by atoms with Crippen LogP contribution < -0.4 is 10.6 Å². The molecule has 0 bridgehead atoms. The van der Waals surface area contributed by atoms with E-state index >= 15 is 0 Å². The van der Waals surface area contributed by atoms with Gasteiger partial charge in [-0.15, -0.1) is 0 Å². The molecule has 0 amide bonds. The first-order valence-electron chi connectivity index (χ1n) is 7.38. The van der Waals surface area contributed by atoms with E-state index in [9.17, 15) is 4.79 Å². The van der Waals surface area contributed by atoms with Gasteiger partial charge in [0, 0.05) is 17.4 Å². The van der Waals surface area contributed by atoms with Crippen LogP contribution >= 0.6 is 0 Å². The highest BCUT2D eigenvalue weighted by Crippen LogP contribution is 2.21. The second-order valence-corrected chi connectivity index (χ2v) is 5.19. The van der Waals surface area contributed by atoms with Gasteiger partial charge < -0.3 is 15.7 Å². The number of carboxylic acid groups (broad SMARTS) is 1. The SMILES string of the molecule is Cc1nc(Nc2ccccc2)cc(Nc2cccc(C(=O)O)c2)n1. The predicted molar refractivity (Wildman–Crippen MR) is 93.2 cm³/mol. The van der Waals surface area contributed by atoms with E-state index in [1.165, 1.54) is 0 Å². The molecule has 3 rings (SSSR count). The maximum Gasteiger partial charge on any atom is 0.335 e. The minimum Gasteiger partial charge on any atom is -0.478 e. The highest BCUT2D eigenvalue weighted by molar-refractivity contribution is 5.89. The van der Waals surface area contributed by atoms with E-state index in [1.807, 2.05) is 30.3 Å². The predicted octanol–water partition coefficient (Wildman–Crippen LogP) is 3.97. The number of aromatic carboxylic acids is 1. The Bertz CT molecular complexity index is 866. The number of nitrogens with one attached hydrogen (secondary N) is 2. The molecule has 0 radical (unpaired) electrons. The van der Waals surface area contributed by atoms with Crippen molar-refractivity contribution in [3.63, 3.8) is 0 Å². The number of benzene rings is 2. The van der Waals surface area contributed by atoms with Crippen LogP contribution in [-0.4, -0.2) is 21.0 Å². The molecule has 6 nitrogen and oxygen atoms in total. The van der Waals surface area contributed by atoms with Gasteiger partial charge >= 0.3 is 5.97 Å². The van der Waals surface area contributed by atoms with Crippen molar-refractivity contribution in [3.05, 3.63) is 72.1 Å². The number of hydrogen-bond acceptors (Lipinski definition) is 5. The Kier molecular flexibility index (Phi) is 4.38. The average Bonchev–Trinajstić information content (AvgIpc) is 2.55. The van der Waals surface area contributed by atoms with Crippen LogP contribution in [0.3, 0.4) is 0 Å². The van der Waals surface area contributed by atoms with Crippen molar-refractivity contribution in [3.8, 4) is 0 Å². The van der Waals surface area contributed by atoms with Gasteiger partial charge in [0.05, 0.1) is 5.56 Å². The third-order valence-electron chi connectivity index (χ3n) is 3.27. The van der Waals surface area contributed by atoms with Gasteiger partial charge in [0.2, 0.25) is 0 Å². The van der Waals surface area contributed by atoms with Gasteiger partial charge in [-0.05, 0) is 37.3 Å². The fourth-order valence-electron chi connectivity index (χ4n) is 2.24. The summed E-state index contributed by atoms with van der Waals surface area (Å²) in [6.07, 6.45) is 0. The molecular weight excluding hydrogens is 304 g/mol. The van der Waals surface area contributed by atoms with Crippen LogP contribution in [0.5, 0.6) is 0 Å². The number of carboxylic acids is 1. The van der Waals surface area contributed by atoms with Gasteiger partial charge in [-0.25, -0.2) is 14.8 Å². The molecule has 2 aromatic carbocycles. The Morgan fingerprint density at radius 3 is 2.17 bits per heavy atom. The van der Waals surface area contributed by atoms with Gasteiger partial charge in [0.15, 0.2) is 0 Å². The fraction of sp³-hybridized carbons (Fsp3) is 0.0556. The molecule has 0 fully saturated rings. The standard InChI is InChI=1S/C18H16N4O2/c1-12-19-16(21-14-7-3-2-4-8-14)11-17(20-12)22-15-9-5-6-13(10-15)18(23)24/h2-11H,1H3,(H,23,24)(H2,19,20,21,22). The summed E-state index contributed by atoms with van der Waals surface area (Å²) in [5, 5.41) is 15.4. The van der Waals surface area contributed by atoms with Crippen molar-refractivity contribution >= 4 is 29.0 Å². The molecule has 1 aromatic heterocycles. The van der Waals surface area contributed by atoms with Crippen LogP contribution in [0.2, 0.25) is 0 Å². The molecule has 0 spiro atoms. The zero-order valence-electron chi connectivity index (χ0n) is 13.0. The number of rotatable bonds is 5. The fourth-order valence-corrected chi connectivity index (χ4v) is 2.24. The van der Waals surface area contributed by atoms with Crippen LogP contribution in [0, 0.1) is 6.92 Å². The van der Waals surface area contributed by atoms with Crippen molar-refractivity contribution in [1.29, 1.82) is 0 Å². The molecule has 0 aliphatic carbocycles. The summed E-state index contributed by atoms with van der Waals surface area (Å²) in [5.74, 6) is 0.880. The number of aromatic nitrogens is 2. The van der Waals surface area contributed by atoms with Gasteiger partial charge in [-0.3, -0.25) is 0 Å². The topological polar surface area (TPSA) is 87.1 Å². The number of carbonyl (C=O) groups is 1. The Labute approximate surface area is 139 Å². The van der Waals surface area contributed by atoms with Gasteiger partial charge in [0.1, 0.15) is 17.5 Å². The van der Waals surface area contributed by atoms with E-state index in [4.69, 9.17) is 5.11 Å². The van der Waals surface area contributed by atoms with Crippen molar-refractivity contribution in [2.45, 2.75) is 6.92 Å². The minimum absolute atomic E-state index is 0.216. The van der Waals surface area contributed by atoms with E-state index < -0.39 is 5.97 Å². The highest BCUT2D eigenvalue weighted by atomic mass is 16.4. The van der Waals surface area contributed by atoms with Crippen LogP contribution in [0.1, 0.15) is 16.2 Å². The average molecular weight is 320 g/mol. The van der Waals surface area contributed by atoms with E-state index in [2.05, 4.69) is 20.6 Å². The van der Waals surface area contributed by atoms with Crippen LogP contribution in [0.15, 0.2) is 60.7 Å². The smallest absolute Gasteiger partial charge is 0.335 e. The zero-order chi connectivity index (χ0) is 16.9. The monoisotopic (exact) mass is 320 g/mol. The summed E-state index contributed by atoms with van der Waals surface area (Å²) < 4.78 is 0. The van der Waals surface area contributed by atoms with Crippen molar-refractivity contribution < 1.29 is 9.90 Å². The second kappa shape index (κ2) is 6.78. The molecule has 3 N–H and O–H groups in total. The molecule has 0 unspecified atom stereocenters. The Hall–Kier alpha value is -3.41. The summed E-state index contributed by atoms with van der Waals surface area (Å²) in [6, 6.07) is 18.1. The Balaban J connectivity index is 1.83. The first-order chi connectivity index (χ1) is 11.6. The summed E-state index contributed by atoms with van der Waals surface area (Å²) >= 11 is 0. The lowest BCUT2D eigenvalue weighted by molar-refractivity contribution is 0.0697. The number of para-hydroxylation sites is 1. The van der Waals surface area contributed by atoms with E-state index in [0.717, 1.165) is 5.69 Å². The van der Waals surface area contributed by atoms with E-state index in [-0.39, 0.29) is 5.56 Å². The van der Waals surface area contributed by atoms with Crippen molar-refractivity contribution in [2.75, 3.05) is 10.6 Å². The lowest BCUT2D eigenvalue weighted by Crippen LogP contribution is -2.02. The molecule has 24 heavy (non-hydrogen) atoms. The zero-order valence-corrected chi connectivity index (χ0v) is 13.0. The largest absolute Gasteiger partial charge is 0.478 e. The third-order valence-corrected chi connectivity index (χ3v) is 3.27. The maximum atomic E-state index is 11.1. The summed E-state index contributed by atoms with van der Waals surface area (Å²) in [7, 11) is 0. The molecule has 1 heterocycles. The third kappa shape index (κ3) is 3.86. The Morgan fingerprint density at radius 2 is 1.50 bits per heavy atom. The first-order valence-corrected chi connectivity index (χ1v) is 7.38. The Morgan fingerprint density at radius 1 is 0.875 bits per heavy atom. The molecule has 0 atom stereocenters. The summed E-state index contributed by atoms with van der Waals surface area (Å²) in [6.45, 7) is 1.80. The van der Waals surface area contributed by atoms with Crippen LogP contribution in [0.25, 0.3) is 0 Å². The van der Waals surface area contributed by atoms with Crippen LogP contribution in [-0.2, 0) is 0 Å². The maximum absolute atomic E-state index is 11.1. The minimum atomic E-state index is -0.969. The van der Waals surface area contributed by atoms with Gasteiger partial charge in [-0.2, -0.15) is 0 Å². The number of aryl methyl sites for hydroxylation is 1. The molecule has 0 saturated heterocycles. The normalized spacial score (nSPS) is 10.2. The lowest BCUT2D eigenvalue weighted by Gasteiger charge is -2.10. The van der Waals surface area contributed by atoms with Gasteiger partial charge in [-0.1, -0.05) is 24.3 Å². The first kappa shape index (κ1) is 15.5. The molecule has 120 valence electrons. The summed E-state index contributed by atoms with van der Waals surface area (Å²) in [5.41, 5.74) is 1.79. The van der Waals surface area contributed by atoms with E-state index in [1.54, 1.807) is 37.3 Å². The molecule has 3 aromatic rings. The van der Waals surface area contributed by atoms with Crippen molar-refractivity contribution in [1.82, 2.24) is 9.97 Å². The molecule has 0 aliphatic rings. The quantitative estimate of drug-likeness (QED) is 0.659. The number of hydrogen-bond donors (Lipinski definition) is 3. The molecule has 6 heteroatoms. The molecule has 0 aliphatic heterocycles. The molecular formula is C18H16N4O2. The number of anilines is 4. The highest BCUT2D eigenvalue weighted by Gasteiger charge is 2.06. The lowest BCUT2D eigenvalue weighted by atomic mass is 10.2. The van der Waals surface area contributed by atoms with Gasteiger partial charge in [0.25, 0.3) is 0 Å². The molecule has 0 saturated carbocycles. The summed E-state index contributed by atoms with van der Waals surface area (Å²) in [4.78, 5) is 19.7. The van der Waals surface area contributed by atoms with Crippen LogP contribution in [0.4, 0.5) is 23.0 Å². The second-order valence-electron chi connectivity index (χ2n) is 5.19. The van der Waals surface area contributed by atoms with Crippen molar-refractivity contribution in [2.24, 2.45) is 0 Å².